The van der Waals surface area contributed by atoms with Crippen molar-refractivity contribution in [2.75, 3.05) is 23.9 Å². The second-order valence-electron chi connectivity index (χ2n) is 7.90. The molecule has 0 unspecified atom stereocenters. The molecule has 0 saturated carbocycles. The number of carbonyl (C=O) groups is 3. The van der Waals surface area contributed by atoms with E-state index in [1.54, 1.807) is 73.7 Å². The van der Waals surface area contributed by atoms with Crippen molar-refractivity contribution in [3.63, 3.8) is 0 Å². The maximum Gasteiger partial charge on any atom is 0.340 e. The van der Waals surface area contributed by atoms with Crippen LogP contribution >= 0.6 is 11.6 Å². The summed E-state index contributed by atoms with van der Waals surface area (Å²) in [6.45, 7) is 1.54. The molecular formula is C28H23ClN2O5. The van der Waals surface area contributed by atoms with Crippen LogP contribution in [0.5, 0.6) is 5.75 Å². The Bertz CT molecular complexity index is 1350. The minimum Gasteiger partial charge on any atom is -0.484 e. The Labute approximate surface area is 213 Å². The molecule has 1 N–H and O–H groups in total. The van der Waals surface area contributed by atoms with Crippen molar-refractivity contribution in [3.05, 3.63) is 106 Å². The van der Waals surface area contributed by atoms with Crippen LogP contribution in [0.25, 0.3) is 6.08 Å². The maximum atomic E-state index is 13.3. The molecule has 0 fully saturated rings. The number of para-hydroxylation sites is 1. The third-order valence-corrected chi connectivity index (χ3v) is 5.74. The summed E-state index contributed by atoms with van der Waals surface area (Å²) >= 11 is 5.98. The lowest BCUT2D eigenvalue weighted by atomic mass is 10.0. The predicted molar refractivity (Wildman–Crippen MR) is 139 cm³/mol. The maximum absolute atomic E-state index is 13.3. The Balaban J connectivity index is 1.51. The molecule has 0 atom stereocenters. The van der Waals surface area contributed by atoms with E-state index in [0.29, 0.717) is 33.4 Å². The van der Waals surface area contributed by atoms with E-state index < -0.39 is 5.97 Å². The van der Waals surface area contributed by atoms with Gasteiger partial charge in [-0.1, -0.05) is 41.9 Å². The number of ether oxygens (including phenoxy) is 2. The number of carbonyl (C=O) groups excluding carboxylic acids is 3. The lowest BCUT2D eigenvalue weighted by molar-refractivity contribution is -0.136. The van der Waals surface area contributed by atoms with Crippen molar-refractivity contribution in [3.8, 4) is 5.75 Å². The molecule has 3 aromatic rings. The van der Waals surface area contributed by atoms with Gasteiger partial charge in [0.2, 0.25) is 0 Å². The van der Waals surface area contributed by atoms with Crippen molar-refractivity contribution < 1.29 is 23.9 Å². The van der Waals surface area contributed by atoms with E-state index in [4.69, 9.17) is 21.1 Å². The summed E-state index contributed by atoms with van der Waals surface area (Å²) in [5.74, 6) is -0.753. The molecule has 2 amide bonds. The standard InChI is InChI=1S/C28H23ClN2O5/c1-18-26(28(34)35-2)24(27(33)31(18)22-12-10-20(29)11-13-22)16-19-8-14-23(15-9-19)36-17-25(32)30-21-6-4-3-5-7-21/h3-16H,17H2,1-2H3,(H,30,32)/b24-16-. The summed E-state index contributed by atoms with van der Waals surface area (Å²) < 4.78 is 10.5. The van der Waals surface area contributed by atoms with Gasteiger partial charge in [-0.05, 0) is 67.1 Å². The van der Waals surface area contributed by atoms with E-state index in [9.17, 15) is 14.4 Å². The topological polar surface area (TPSA) is 84.9 Å². The van der Waals surface area contributed by atoms with E-state index in [-0.39, 0.29) is 29.6 Å². The van der Waals surface area contributed by atoms with E-state index in [0.717, 1.165) is 0 Å². The highest BCUT2D eigenvalue weighted by Gasteiger charge is 2.37. The Morgan fingerprint density at radius 3 is 2.28 bits per heavy atom. The molecule has 1 aliphatic heterocycles. The molecule has 3 aromatic carbocycles. The van der Waals surface area contributed by atoms with Gasteiger partial charge in [0.25, 0.3) is 11.8 Å². The van der Waals surface area contributed by atoms with Crippen LogP contribution in [0, 0.1) is 0 Å². The number of allylic oxidation sites excluding steroid dienone is 1. The minimum atomic E-state index is -0.604. The Morgan fingerprint density at radius 1 is 0.972 bits per heavy atom. The van der Waals surface area contributed by atoms with Gasteiger partial charge in [-0.3, -0.25) is 14.5 Å². The predicted octanol–water partition coefficient (Wildman–Crippen LogP) is 5.23. The van der Waals surface area contributed by atoms with Crippen LogP contribution in [-0.4, -0.2) is 31.5 Å². The van der Waals surface area contributed by atoms with E-state index in [1.807, 2.05) is 18.2 Å². The lowest BCUT2D eigenvalue weighted by Gasteiger charge is -2.17. The molecule has 0 aliphatic carbocycles. The third-order valence-electron chi connectivity index (χ3n) is 5.49. The number of rotatable bonds is 7. The second kappa shape index (κ2) is 10.9. The van der Waals surface area contributed by atoms with Crippen molar-refractivity contribution >= 4 is 46.8 Å². The number of nitrogens with zero attached hydrogens (tertiary/aromatic N) is 1. The summed E-state index contributed by atoms with van der Waals surface area (Å²) in [5, 5.41) is 3.29. The molecular weight excluding hydrogens is 480 g/mol. The average molecular weight is 503 g/mol. The van der Waals surface area contributed by atoms with Gasteiger partial charge in [-0.25, -0.2) is 4.79 Å². The van der Waals surface area contributed by atoms with Crippen molar-refractivity contribution in [1.29, 1.82) is 0 Å². The quantitative estimate of drug-likeness (QED) is 0.353. The summed E-state index contributed by atoms with van der Waals surface area (Å²) in [5.41, 5.74) is 2.81. The van der Waals surface area contributed by atoms with Crippen LogP contribution in [0.15, 0.2) is 95.7 Å². The monoisotopic (exact) mass is 502 g/mol. The first-order valence-corrected chi connectivity index (χ1v) is 11.4. The van der Waals surface area contributed by atoms with E-state index in [2.05, 4.69) is 5.32 Å². The number of methoxy groups -OCH3 is 1. The van der Waals surface area contributed by atoms with Gasteiger partial charge in [-0.15, -0.1) is 0 Å². The normalized spacial score (nSPS) is 14.2. The molecule has 0 spiro atoms. The Morgan fingerprint density at radius 2 is 1.64 bits per heavy atom. The number of esters is 1. The molecule has 182 valence electrons. The van der Waals surface area contributed by atoms with Crippen LogP contribution in [0.2, 0.25) is 5.02 Å². The summed E-state index contributed by atoms with van der Waals surface area (Å²) in [7, 11) is 1.27. The van der Waals surface area contributed by atoms with Gasteiger partial charge in [0.05, 0.1) is 18.3 Å². The van der Waals surface area contributed by atoms with Crippen LogP contribution in [-0.2, 0) is 19.1 Å². The van der Waals surface area contributed by atoms with Crippen molar-refractivity contribution in [2.24, 2.45) is 0 Å². The Kier molecular flexibility index (Phi) is 7.51. The van der Waals surface area contributed by atoms with Crippen LogP contribution in [0.4, 0.5) is 11.4 Å². The second-order valence-corrected chi connectivity index (χ2v) is 8.34. The van der Waals surface area contributed by atoms with Gasteiger partial charge in [0, 0.05) is 22.1 Å². The fraction of sp³-hybridized carbons (Fsp3) is 0.107. The first kappa shape index (κ1) is 24.8. The molecule has 8 heteroatoms. The number of nitrogens with one attached hydrogen (secondary N) is 1. The van der Waals surface area contributed by atoms with Gasteiger partial charge < -0.3 is 14.8 Å². The SMILES string of the molecule is COC(=O)C1=C(C)N(c2ccc(Cl)cc2)C(=O)/C1=C\c1ccc(OCC(=O)Nc2ccccc2)cc1. The van der Waals surface area contributed by atoms with Crippen molar-refractivity contribution in [2.45, 2.75) is 6.92 Å². The lowest BCUT2D eigenvalue weighted by Crippen LogP contribution is -2.24. The molecule has 0 aromatic heterocycles. The molecule has 0 saturated heterocycles. The number of benzene rings is 3. The molecule has 7 nitrogen and oxygen atoms in total. The highest BCUT2D eigenvalue weighted by atomic mass is 35.5. The largest absolute Gasteiger partial charge is 0.484 e. The Hall–Kier alpha value is -4.36. The zero-order valence-electron chi connectivity index (χ0n) is 19.7. The van der Waals surface area contributed by atoms with Crippen molar-refractivity contribution in [1.82, 2.24) is 0 Å². The highest BCUT2D eigenvalue weighted by Crippen LogP contribution is 2.36. The fourth-order valence-corrected chi connectivity index (χ4v) is 3.90. The summed E-state index contributed by atoms with van der Waals surface area (Å²) in [6.07, 6.45) is 1.62. The van der Waals surface area contributed by atoms with E-state index in [1.165, 1.54) is 12.0 Å². The fourth-order valence-electron chi connectivity index (χ4n) is 3.78. The zero-order valence-corrected chi connectivity index (χ0v) is 20.4. The van der Waals surface area contributed by atoms with Gasteiger partial charge in [0.1, 0.15) is 5.75 Å². The smallest absolute Gasteiger partial charge is 0.340 e. The number of hydrogen-bond acceptors (Lipinski definition) is 5. The van der Waals surface area contributed by atoms with Gasteiger partial charge in [0.15, 0.2) is 6.61 Å². The molecule has 1 aliphatic rings. The molecule has 0 bridgehead atoms. The minimum absolute atomic E-state index is 0.154. The van der Waals surface area contributed by atoms with Gasteiger partial charge in [-0.2, -0.15) is 0 Å². The molecule has 0 radical (unpaired) electrons. The molecule has 4 rings (SSSR count). The molecule has 36 heavy (non-hydrogen) atoms. The van der Waals surface area contributed by atoms with Gasteiger partial charge >= 0.3 is 5.97 Å². The first-order valence-electron chi connectivity index (χ1n) is 11.1. The number of hydrogen-bond donors (Lipinski definition) is 1. The molecule has 1 heterocycles. The number of halogens is 1. The van der Waals surface area contributed by atoms with E-state index >= 15 is 0 Å². The average Bonchev–Trinajstić information content (AvgIpc) is 3.13. The third kappa shape index (κ3) is 5.47. The van der Waals surface area contributed by atoms with Crippen LogP contribution in [0.3, 0.4) is 0 Å². The first-order chi connectivity index (χ1) is 17.4. The number of amides is 2. The highest BCUT2D eigenvalue weighted by molar-refractivity contribution is 6.30. The van der Waals surface area contributed by atoms with Crippen LogP contribution in [0.1, 0.15) is 12.5 Å². The zero-order chi connectivity index (χ0) is 25.7. The van der Waals surface area contributed by atoms with Crippen LogP contribution < -0.4 is 15.0 Å². The summed E-state index contributed by atoms with van der Waals surface area (Å²) in [4.78, 5) is 39.5. The summed E-state index contributed by atoms with van der Waals surface area (Å²) in [6, 6.07) is 22.7. The number of anilines is 2.